The zero-order valence-corrected chi connectivity index (χ0v) is 29.0. The number of nitrogen functional groups attached to an aromatic ring is 1. The second-order valence-electron chi connectivity index (χ2n) is 12.4. The maximum absolute atomic E-state index is 13.8. The molecule has 6 rings (SSSR count). The second-order valence-corrected chi connectivity index (χ2v) is 13.5. The smallest absolute Gasteiger partial charge is 0.237 e. The van der Waals surface area contributed by atoms with Crippen LogP contribution in [0.4, 0.5) is 11.5 Å². The summed E-state index contributed by atoms with van der Waals surface area (Å²) in [6.45, 7) is 8.70. The van der Waals surface area contributed by atoms with Crippen LogP contribution in [0.3, 0.4) is 0 Å². The minimum absolute atomic E-state index is 0.0149. The Morgan fingerprint density at radius 3 is 2.65 bits per heavy atom. The van der Waals surface area contributed by atoms with Crippen molar-refractivity contribution in [3.05, 3.63) is 65.3 Å². The van der Waals surface area contributed by atoms with Crippen LogP contribution >= 0.6 is 11.3 Å². The van der Waals surface area contributed by atoms with Crippen LogP contribution in [-0.2, 0) is 16.6 Å². The third kappa shape index (κ3) is 7.67. The third-order valence-corrected chi connectivity index (χ3v) is 9.60. The molecule has 0 unspecified atom stereocenters. The summed E-state index contributed by atoms with van der Waals surface area (Å²) in [6.07, 6.45) is 8.46. The highest BCUT2D eigenvalue weighted by Gasteiger charge is 2.34. The first-order valence-electron chi connectivity index (χ1n) is 16.4. The van der Waals surface area contributed by atoms with Crippen LogP contribution in [0.25, 0.3) is 16.3 Å². The molecule has 2 aliphatic rings. The minimum Gasteiger partial charge on any atom is -0.475 e. The van der Waals surface area contributed by atoms with Crippen molar-refractivity contribution >= 4 is 45.9 Å². The average Bonchev–Trinajstić information content (AvgIpc) is 3.87. The van der Waals surface area contributed by atoms with E-state index in [0.717, 1.165) is 21.9 Å². The monoisotopic (exact) mass is 683 g/mol. The van der Waals surface area contributed by atoms with E-state index < -0.39 is 0 Å². The van der Waals surface area contributed by atoms with Gasteiger partial charge in [-0.25, -0.2) is 19.9 Å². The number of likely N-dealkylation sites (tertiary alicyclic amines) is 1. The Morgan fingerprint density at radius 1 is 1.14 bits per heavy atom. The minimum atomic E-state index is -0.270. The summed E-state index contributed by atoms with van der Waals surface area (Å²) in [7, 11) is 1.83. The second kappa shape index (κ2) is 14.6. The highest BCUT2D eigenvalue weighted by molar-refractivity contribution is 7.16. The lowest BCUT2D eigenvalue weighted by Crippen LogP contribution is -2.42. The van der Waals surface area contributed by atoms with E-state index in [2.05, 4.69) is 36.0 Å². The van der Waals surface area contributed by atoms with Crippen molar-refractivity contribution in [3.8, 4) is 16.6 Å². The van der Waals surface area contributed by atoms with Gasteiger partial charge in [-0.15, -0.1) is 11.3 Å². The maximum Gasteiger partial charge on any atom is 0.237 e. The molecular weight excluding hydrogens is 643 g/mol. The summed E-state index contributed by atoms with van der Waals surface area (Å²) in [6, 6.07) is 6.84. The fourth-order valence-electron chi connectivity index (χ4n) is 5.97. The number of hydrogen-bond acceptors (Lipinski definition) is 12. The van der Waals surface area contributed by atoms with E-state index in [9.17, 15) is 9.59 Å². The molecule has 1 atom stereocenters. The van der Waals surface area contributed by atoms with Crippen LogP contribution in [0.2, 0.25) is 0 Å². The Labute approximate surface area is 289 Å². The first-order valence-corrected chi connectivity index (χ1v) is 17.2. The molecule has 0 radical (unpaired) electrons. The normalized spacial score (nSPS) is 16.6. The molecule has 0 saturated carbocycles. The number of thiazole rings is 1. The number of ether oxygens (including phenoxy) is 1. The van der Waals surface area contributed by atoms with Gasteiger partial charge in [-0.2, -0.15) is 5.10 Å². The van der Waals surface area contributed by atoms with Gasteiger partial charge in [0.2, 0.25) is 17.7 Å². The number of nitrogens with zero attached hydrogens (tertiary/aromatic N) is 9. The molecule has 14 nitrogen and oxygen atoms in total. The number of nitrogens with two attached hydrogens (primary N) is 1. The van der Waals surface area contributed by atoms with Gasteiger partial charge in [-0.1, -0.05) is 6.08 Å². The topological polar surface area (TPSA) is 172 Å². The first kappa shape index (κ1) is 33.9. The van der Waals surface area contributed by atoms with Gasteiger partial charge < -0.3 is 15.4 Å². The lowest BCUT2D eigenvalue weighted by atomic mass is 10.1. The van der Waals surface area contributed by atoms with Crippen molar-refractivity contribution in [2.75, 3.05) is 49.9 Å². The molecular formula is C34H41N11O3S. The van der Waals surface area contributed by atoms with E-state index >= 15 is 0 Å². The molecule has 4 aromatic heterocycles. The number of amides is 2. The molecule has 49 heavy (non-hydrogen) atoms. The van der Waals surface area contributed by atoms with Crippen LogP contribution in [0, 0.1) is 11.3 Å². The van der Waals surface area contributed by atoms with Crippen molar-refractivity contribution < 1.29 is 14.3 Å². The lowest BCUT2D eigenvalue weighted by molar-refractivity contribution is -0.132. The number of carbonyl (C=O) groups is 2. The first-order chi connectivity index (χ1) is 23.6. The van der Waals surface area contributed by atoms with E-state index in [0.29, 0.717) is 67.9 Å². The van der Waals surface area contributed by atoms with E-state index in [1.54, 1.807) is 63.9 Å². The SMILES string of the molecule is CCN(C(=O)[C@@H]1CCN(CC(=O)N2CC=C(c3ncc(-c4ncn(C)n4)s3)CC2)C1)c1ccc(N)c(C(=N)c2ccc(OC(C)C)nc2)n1. The van der Waals surface area contributed by atoms with Crippen molar-refractivity contribution in [1.82, 2.24) is 39.5 Å². The Bertz CT molecular complexity index is 1870. The quantitative estimate of drug-likeness (QED) is 0.223. The van der Waals surface area contributed by atoms with Crippen molar-refractivity contribution in [1.29, 1.82) is 5.41 Å². The summed E-state index contributed by atoms with van der Waals surface area (Å²) in [5.41, 5.74) is 8.63. The molecule has 0 aromatic carbocycles. The van der Waals surface area contributed by atoms with Crippen molar-refractivity contribution in [2.24, 2.45) is 13.0 Å². The number of aryl methyl sites for hydroxylation is 1. The van der Waals surface area contributed by atoms with E-state index in [1.807, 2.05) is 32.7 Å². The Morgan fingerprint density at radius 2 is 1.98 bits per heavy atom. The molecule has 0 bridgehead atoms. The molecule has 256 valence electrons. The molecule has 1 saturated heterocycles. The summed E-state index contributed by atoms with van der Waals surface area (Å²) >= 11 is 1.56. The Hall–Kier alpha value is -5.02. The summed E-state index contributed by atoms with van der Waals surface area (Å²) in [4.78, 5) is 51.3. The number of nitrogens with one attached hydrogen (secondary N) is 1. The number of anilines is 2. The van der Waals surface area contributed by atoms with Crippen LogP contribution in [0.15, 0.2) is 49.1 Å². The van der Waals surface area contributed by atoms with Gasteiger partial charge in [0.25, 0.3) is 0 Å². The van der Waals surface area contributed by atoms with E-state index in [-0.39, 0.29) is 41.8 Å². The highest BCUT2D eigenvalue weighted by Crippen LogP contribution is 2.31. The summed E-state index contributed by atoms with van der Waals surface area (Å²) in [5.74, 6) is 1.29. The lowest BCUT2D eigenvalue weighted by Gasteiger charge is -2.28. The molecule has 2 aliphatic heterocycles. The van der Waals surface area contributed by atoms with Gasteiger partial charge in [0.15, 0.2) is 5.82 Å². The Balaban J connectivity index is 1.04. The number of aromatic nitrogens is 6. The van der Waals surface area contributed by atoms with Crippen LogP contribution in [0.5, 0.6) is 5.88 Å². The van der Waals surface area contributed by atoms with Crippen LogP contribution < -0.4 is 15.4 Å². The molecule has 2 amide bonds. The summed E-state index contributed by atoms with van der Waals surface area (Å²) in [5, 5.41) is 14.1. The molecule has 1 fully saturated rings. The molecule has 15 heteroatoms. The van der Waals surface area contributed by atoms with Gasteiger partial charge in [0, 0.05) is 57.3 Å². The van der Waals surface area contributed by atoms with Gasteiger partial charge in [-0.05, 0) is 63.9 Å². The largest absolute Gasteiger partial charge is 0.475 e. The zero-order chi connectivity index (χ0) is 34.7. The fraction of sp³-hybridized carbons (Fsp3) is 0.412. The highest BCUT2D eigenvalue weighted by atomic mass is 32.1. The van der Waals surface area contributed by atoms with E-state index in [4.69, 9.17) is 15.9 Å². The maximum atomic E-state index is 13.8. The van der Waals surface area contributed by atoms with Gasteiger partial charge in [0.1, 0.15) is 22.8 Å². The standard InChI is InChI=1S/C34H41N11O3S/c1-5-45(27-8-7-25(35)31(40-27)30(36)23-6-9-28(37-16-23)48-21(2)3)34(47)24-10-13-43(18-24)19-29(46)44-14-11-22(12-15-44)33-38-17-26(49-33)32-39-20-42(4)41-32/h6-9,11,16-17,20-21,24,36H,5,10,12-15,18-19,35H2,1-4H3/t24-/m1/s1. The fourth-order valence-corrected chi connectivity index (χ4v) is 6.90. The summed E-state index contributed by atoms with van der Waals surface area (Å²) < 4.78 is 7.28. The predicted octanol–water partition coefficient (Wildman–Crippen LogP) is 3.50. The number of rotatable bonds is 11. The zero-order valence-electron chi connectivity index (χ0n) is 28.2. The van der Waals surface area contributed by atoms with E-state index in [1.165, 1.54) is 0 Å². The predicted molar refractivity (Wildman–Crippen MR) is 188 cm³/mol. The van der Waals surface area contributed by atoms with Gasteiger partial charge in [-0.3, -0.25) is 29.5 Å². The van der Waals surface area contributed by atoms with Gasteiger partial charge in [0.05, 0.1) is 34.8 Å². The Kier molecular flexibility index (Phi) is 10.1. The molecule has 4 aromatic rings. The number of hydrogen-bond donors (Lipinski definition) is 2. The molecule has 3 N–H and O–H groups in total. The number of carbonyl (C=O) groups excluding carboxylic acids is 2. The molecule has 0 spiro atoms. The van der Waals surface area contributed by atoms with Gasteiger partial charge >= 0.3 is 0 Å². The number of pyridine rings is 2. The van der Waals surface area contributed by atoms with Crippen molar-refractivity contribution in [3.63, 3.8) is 0 Å². The van der Waals surface area contributed by atoms with Crippen LogP contribution in [0.1, 0.15) is 49.9 Å². The third-order valence-electron chi connectivity index (χ3n) is 8.53. The average molecular weight is 684 g/mol. The molecule has 0 aliphatic carbocycles. The van der Waals surface area contributed by atoms with Crippen LogP contribution in [-0.4, -0.2) is 102 Å². The van der Waals surface area contributed by atoms with Crippen molar-refractivity contribution in [2.45, 2.75) is 39.7 Å². The molecule has 6 heterocycles.